The van der Waals surface area contributed by atoms with Crippen LogP contribution in [0.5, 0.6) is 0 Å². The largest absolute Gasteiger partial charge is 0.329 e. The number of benzene rings is 4. The van der Waals surface area contributed by atoms with Crippen LogP contribution >= 0.6 is 0 Å². The Morgan fingerprint density at radius 1 is 0.730 bits per heavy atom. The van der Waals surface area contributed by atoms with Crippen LogP contribution in [0.3, 0.4) is 0 Å². The first-order valence-electron chi connectivity index (χ1n) is 13.3. The maximum Gasteiger partial charge on any atom is 0.135 e. The summed E-state index contributed by atoms with van der Waals surface area (Å²) >= 11 is 0. The fraction of sp³-hybridized carbons (Fsp3) is 0.265. The van der Waals surface area contributed by atoms with E-state index in [9.17, 15) is 0 Å². The maximum atomic E-state index is 5.41. The van der Waals surface area contributed by atoms with Gasteiger partial charge in [0.1, 0.15) is 11.9 Å². The molecule has 186 valence electrons. The van der Waals surface area contributed by atoms with Gasteiger partial charge in [-0.2, -0.15) is 0 Å². The second kappa shape index (κ2) is 8.92. The Balaban J connectivity index is 1.52. The van der Waals surface area contributed by atoms with E-state index >= 15 is 0 Å². The Hall–Kier alpha value is -3.85. The fourth-order valence-corrected chi connectivity index (χ4v) is 6.01. The first kappa shape index (κ1) is 23.5. The Kier molecular flexibility index (Phi) is 5.67. The zero-order valence-electron chi connectivity index (χ0n) is 22.4. The van der Waals surface area contributed by atoms with Crippen LogP contribution in [0.15, 0.2) is 102 Å². The van der Waals surface area contributed by atoms with Crippen molar-refractivity contribution in [3.05, 3.63) is 130 Å². The summed E-state index contributed by atoms with van der Waals surface area (Å²) < 4.78 is 0. The van der Waals surface area contributed by atoms with Gasteiger partial charge in [-0.3, -0.25) is 4.99 Å². The van der Waals surface area contributed by atoms with E-state index in [-0.39, 0.29) is 17.5 Å². The molecule has 0 N–H and O–H groups in total. The van der Waals surface area contributed by atoms with E-state index in [1.165, 1.54) is 44.8 Å². The van der Waals surface area contributed by atoms with E-state index in [4.69, 9.17) is 4.99 Å². The third-order valence-electron chi connectivity index (χ3n) is 7.81. The lowest BCUT2D eigenvalue weighted by molar-refractivity contribution is 0.313. The molecule has 6 rings (SSSR count). The highest BCUT2D eigenvalue weighted by atomic mass is 15.4. The van der Waals surface area contributed by atoms with Gasteiger partial charge in [0, 0.05) is 11.3 Å². The molecule has 0 fully saturated rings. The van der Waals surface area contributed by atoms with Crippen LogP contribution in [0, 0.1) is 13.8 Å². The number of hydrogen-bond acceptors (Lipinski definition) is 3. The number of nitrogens with zero attached hydrogens (tertiary/aromatic N) is 3. The van der Waals surface area contributed by atoms with E-state index in [1.807, 2.05) is 0 Å². The Morgan fingerprint density at radius 3 is 1.92 bits per heavy atom. The SMILES string of the molecule is Cc1cc(C(C)(C)C)cc(C)c1N1CN2C(=N[C@H](c3ccccc3)[C@H]2c2ccccc2)c2ccccc21. The van der Waals surface area contributed by atoms with Crippen LogP contribution in [0.4, 0.5) is 11.4 Å². The van der Waals surface area contributed by atoms with Crippen LogP contribution < -0.4 is 4.90 Å². The van der Waals surface area contributed by atoms with Crippen LogP contribution in [0.25, 0.3) is 0 Å². The monoisotopic (exact) mass is 485 g/mol. The van der Waals surface area contributed by atoms with Gasteiger partial charge >= 0.3 is 0 Å². The number of aryl methyl sites for hydroxylation is 2. The predicted octanol–water partition coefficient (Wildman–Crippen LogP) is 8.25. The third-order valence-corrected chi connectivity index (χ3v) is 7.81. The zero-order chi connectivity index (χ0) is 25.7. The molecule has 3 nitrogen and oxygen atoms in total. The zero-order valence-corrected chi connectivity index (χ0v) is 22.4. The van der Waals surface area contributed by atoms with Crippen molar-refractivity contribution in [2.75, 3.05) is 11.6 Å². The topological polar surface area (TPSA) is 18.8 Å². The summed E-state index contributed by atoms with van der Waals surface area (Å²) in [6.07, 6.45) is 0. The average Bonchev–Trinajstić information content (AvgIpc) is 3.28. The van der Waals surface area contributed by atoms with Gasteiger partial charge in [-0.1, -0.05) is 106 Å². The molecule has 0 saturated carbocycles. The smallest absolute Gasteiger partial charge is 0.135 e. The molecule has 0 radical (unpaired) electrons. The van der Waals surface area contributed by atoms with Crippen molar-refractivity contribution < 1.29 is 0 Å². The van der Waals surface area contributed by atoms with Crippen molar-refractivity contribution in [2.45, 2.75) is 52.1 Å². The Morgan fingerprint density at radius 2 is 1.30 bits per heavy atom. The molecular weight excluding hydrogens is 450 g/mol. The second-order valence-corrected chi connectivity index (χ2v) is 11.4. The minimum atomic E-state index is 0.0390. The molecule has 0 aliphatic carbocycles. The number of hydrogen-bond donors (Lipinski definition) is 0. The highest BCUT2D eigenvalue weighted by Crippen LogP contribution is 2.48. The van der Waals surface area contributed by atoms with Gasteiger partial charge in [-0.25, -0.2) is 0 Å². The molecule has 2 aliphatic heterocycles. The third kappa shape index (κ3) is 4.03. The van der Waals surface area contributed by atoms with Crippen molar-refractivity contribution in [3.63, 3.8) is 0 Å². The molecule has 2 aliphatic rings. The normalized spacial score (nSPS) is 18.9. The van der Waals surface area contributed by atoms with E-state index < -0.39 is 0 Å². The highest BCUT2D eigenvalue weighted by Gasteiger charge is 2.43. The average molecular weight is 486 g/mol. The molecule has 0 aromatic heterocycles. The molecule has 3 heteroatoms. The van der Waals surface area contributed by atoms with Gasteiger partial charge in [0.2, 0.25) is 0 Å². The summed E-state index contributed by atoms with van der Waals surface area (Å²) in [5.41, 5.74) is 10.4. The molecule has 4 aromatic carbocycles. The van der Waals surface area contributed by atoms with Crippen molar-refractivity contribution in [1.82, 2.24) is 4.90 Å². The number of fused-ring (bicyclic) bond motifs is 3. The molecule has 2 atom stereocenters. The lowest BCUT2D eigenvalue weighted by Crippen LogP contribution is -2.45. The van der Waals surface area contributed by atoms with Gasteiger partial charge in [-0.15, -0.1) is 0 Å². The van der Waals surface area contributed by atoms with E-state index in [1.54, 1.807) is 0 Å². The maximum absolute atomic E-state index is 5.41. The molecule has 0 bridgehead atoms. The lowest BCUT2D eigenvalue weighted by atomic mass is 9.84. The number of amidine groups is 1. The van der Waals surface area contributed by atoms with E-state index in [0.717, 1.165) is 12.5 Å². The summed E-state index contributed by atoms with van der Waals surface area (Å²) in [7, 11) is 0. The molecular formula is C34H35N3. The summed E-state index contributed by atoms with van der Waals surface area (Å²) in [6.45, 7) is 12.1. The molecule has 0 unspecified atom stereocenters. The van der Waals surface area contributed by atoms with Gasteiger partial charge in [-0.05, 0) is 59.2 Å². The van der Waals surface area contributed by atoms with Crippen molar-refractivity contribution in [3.8, 4) is 0 Å². The van der Waals surface area contributed by atoms with Crippen LogP contribution in [0.2, 0.25) is 0 Å². The van der Waals surface area contributed by atoms with Crippen molar-refractivity contribution in [2.24, 2.45) is 4.99 Å². The minimum absolute atomic E-state index is 0.0390. The highest BCUT2D eigenvalue weighted by molar-refractivity contribution is 6.07. The molecule has 0 saturated heterocycles. The summed E-state index contributed by atoms with van der Waals surface area (Å²) in [5, 5.41) is 0. The predicted molar refractivity (Wildman–Crippen MR) is 155 cm³/mol. The Labute approximate surface area is 221 Å². The Bertz CT molecular complexity index is 1440. The van der Waals surface area contributed by atoms with Gasteiger partial charge in [0.25, 0.3) is 0 Å². The molecule has 4 aromatic rings. The van der Waals surface area contributed by atoms with Crippen LogP contribution in [-0.4, -0.2) is 17.4 Å². The van der Waals surface area contributed by atoms with E-state index in [0.29, 0.717) is 0 Å². The van der Waals surface area contributed by atoms with Gasteiger partial charge < -0.3 is 9.80 Å². The molecule has 0 spiro atoms. The van der Waals surface area contributed by atoms with Crippen molar-refractivity contribution >= 4 is 17.2 Å². The number of para-hydroxylation sites is 1. The molecule has 0 amide bonds. The minimum Gasteiger partial charge on any atom is -0.329 e. The van der Waals surface area contributed by atoms with Gasteiger partial charge in [0.05, 0.1) is 18.4 Å². The number of rotatable bonds is 3. The lowest BCUT2D eigenvalue weighted by Gasteiger charge is -2.42. The summed E-state index contributed by atoms with van der Waals surface area (Å²) in [6, 6.07) is 35.3. The second-order valence-electron chi connectivity index (χ2n) is 11.4. The summed E-state index contributed by atoms with van der Waals surface area (Å²) in [5.74, 6) is 1.09. The van der Waals surface area contributed by atoms with Gasteiger partial charge in [0.15, 0.2) is 0 Å². The summed E-state index contributed by atoms with van der Waals surface area (Å²) in [4.78, 5) is 10.4. The molecule has 2 heterocycles. The number of aliphatic imine (C=N–C) groups is 1. The van der Waals surface area contributed by atoms with E-state index in [2.05, 4.69) is 141 Å². The molecule has 37 heavy (non-hydrogen) atoms. The van der Waals surface area contributed by atoms with Crippen LogP contribution in [-0.2, 0) is 5.41 Å². The quantitative estimate of drug-likeness (QED) is 0.291. The van der Waals surface area contributed by atoms with Crippen molar-refractivity contribution in [1.29, 1.82) is 0 Å². The standard InChI is InChI=1S/C34H35N3/c1-23-20-27(34(3,4)5)21-24(2)31(23)36-22-37-32(26-16-10-7-11-17-26)30(25-14-8-6-9-15-25)35-33(37)28-18-12-13-19-29(28)36/h6-21,30,32H,22H2,1-5H3/t30-,32-/m1/s1. The van der Waals surface area contributed by atoms with Crippen LogP contribution in [0.1, 0.15) is 66.2 Å². The number of anilines is 2. The fourth-order valence-electron chi connectivity index (χ4n) is 6.01. The first-order chi connectivity index (χ1) is 17.8. The first-order valence-corrected chi connectivity index (χ1v) is 13.3.